The van der Waals surface area contributed by atoms with E-state index in [1.165, 1.54) is 0 Å². The van der Waals surface area contributed by atoms with Crippen LogP contribution >= 0.6 is 0 Å². The van der Waals surface area contributed by atoms with Gasteiger partial charge in [-0.15, -0.1) is 5.10 Å². The highest BCUT2D eigenvalue weighted by Crippen LogP contribution is 2.22. The fraction of sp³-hybridized carbons (Fsp3) is 0.0667. The van der Waals surface area contributed by atoms with E-state index in [4.69, 9.17) is 10.5 Å². The van der Waals surface area contributed by atoms with E-state index in [2.05, 4.69) is 10.3 Å². The molecule has 0 spiro atoms. The van der Waals surface area contributed by atoms with E-state index < -0.39 is 0 Å². The van der Waals surface area contributed by atoms with Gasteiger partial charge in [-0.25, -0.2) is 4.68 Å². The first kappa shape index (κ1) is 12.2. The third-order valence-electron chi connectivity index (χ3n) is 2.99. The SMILES string of the molecule is COc1cccc(-c2cn(-c3cccc(N)c3)nn2)c1. The summed E-state index contributed by atoms with van der Waals surface area (Å²) in [5, 5.41) is 8.31. The number of aromatic nitrogens is 3. The zero-order chi connectivity index (χ0) is 13.9. The first-order chi connectivity index (χ1) is 9.76. The lowest BCUT2D eigenvalue weighted by Crippen LogP contribution is -1.95. The molecular weight excluding hydrogens is 252 g/mol. The van der Waals surface area contributed by atoms with Crippen molar-refractivity contribution in [1.29, 1.82) is 0 Å². The van der Waals surface area contributed by atoms with Gasteiger partial charge in [0.15, 0.2) is 0 Å². The van der Waals surface area contributed by atoms with Crippen LogP contribution in [-0.4, -0.2) is 22.1 Å². The molecule has 0 aliphatic heterocycles. The van der Waals surface area contributed by atoms with Crippen molar-refractivity contribution >= 4 is 5.69 Å². The van der Waals surface area contributed by atoms with Gasteiger partial charge in [0.25, 0.3) is 0 Å². The minimum Gasteiger partial charge on any atom is -0.497 e. The zero-order valence-corrected chi connectivity index (χ0v) is 11.0. The number of hydrogen-bond donors (Lipinski definition) is 1. The molecule has 0 bridgehead atoms. The molecule has 0 amide bonds. The van der Waals surface area contributed by atoms with E-state index in [9.17, 15) is 0 Å². The fourth-order valence-electron chi connectivity index (χ4n) is 1.97. The lowest BCUT2D eigenvalue weighted by molar-refractivity contribution is 0.415. The van der Waals surface area contributed by atoms with E-state index >= 15 is 0 Å². The first-order valence-electron chi connectivity index (χ1n) is 6.19. The number of rotatable bonds is 3. The molecule has 0 aliphatic carbocycles. The number of nitrogens with two attached hydrogens (primary N) is 1. The van der Waals surface area contributed by atoms with Gasteiger partial charge in [0.05, 0.1) is 19.0 Å². The largest absolute Gasteiger partial charge is 0.497 e. The molecule has 0 unspecified atom stereocenters. The van der Waals surface area contributed by atoms with Crippen LogP contribution in [0.15, 0.2) is 54.7 Å². The highest BCUT2D eigenvalue weighted by Gasteiger charge is 2.06. The van der Waals surface area contributed by atoms with Crippen molar-refractivity contribution in [2.45, 2.75) is 0 Å². The van der Waals surface area contributed by atoms with Crippen LogP contribution in [0.2, 0.25) is 0 Å². The minimum atomic E-state index is 0.695. The summed E-state index contributed by atoms with van der Waals surface area (Å²) < 4.78 is 6.91. The molecule has 0 atom stereocenters. The second-order valence-electron chi connectivity index (χ2n) is 4.38. The van der Waals surface area contributed by atoms with Crippen molar-refractivity contribution in [2.75, 3.05) is 12.8 Å². The van der Waals surface area contributed by atoms with Crippen LogP contribution in [0.5, 0.6) is 5.75 Å². The van der Waals surface area contributed by atoms with Gasteiger partial charge in [0.1, 0.15) is 11.4 Å². The molecule has 100 valence electrons. The van der Waals surface area contributed by atoms with Crippen molar-refractivity contribution in [3.63, 3.8) is 0 Å². The van der Waals surface area contributed by atoms with E-state index in [1.54, 1.807) is 11.8 Å². The fourth-order valence-corrected chi connectivity index (χ4v) is 1.97. The number of hydrogen-bond acceptors (Lipinski definition) is 4. The number of anilines is 1. The second-order valence-corrected chi connectivity index (χ2v) is 4.38. The van der Waals surface area contributed by atoms with Crippen molar-refractivity contribution in [1.82, 2.24) is 15.0 Å². The topological polar surface area (TPSA) is 66.0 Å². The normalized spacial score (nSPS) is 10.4. The lowest BCUT2D eigenvalue weighted by atomic mass is 10.1. The average Bonchev–Trinajstić information content (AvgIpc) is 2.97. The van der Waals surface area contributed by atoms with Gasteiger partial charge in [0, 0.05) is 11.3 Å². The first-order valence-corrected chi connectivity index (χ1v) is 6.19. The average molecular weight is 266 g/mol. The van der Waals surface area contributed by atoms with Gasteiger partial charge in [0.2, 0.25) is 0 Å². The second kappa shape index (κ2) is 5.05. The Hall–Kier alpha value is -2.82. The Morgan fingerprint density at radius 3 is 2.75 bits per heavy atom. The lowest BCUT2D eigenvalue weighted by Gasteiger charge is -2.01. The molecule has 0 saturated heterocycles. The number of methoxy groups -OCH3 is 1. The van der Waals surface area contributed by atoms with Crippen LogP contribution < -0.4 is 10.5 Å². The van der Waals surface area contributed by atoms with Crippen LogP contribution in [-0.2, 0) is 0 Å². The predicted octanol–water partition coefficient (Wildman–Crippen LogP) is 2.53. The molecule has 3 rings (SSSR count). The minimum absolute atomic E-state index is 0.695. The predicted molar refractivity (Wildman–Crippen MR) is 77.8 cm³/mol. The van der Waals surface area contributed by atoms with Gasteiger partial charge < -0.3 is 10.5 Å². The Labute approximate surface area is 116 Å². The number of nitrogen functional groups attached to an aromatic ring is 1. The summed E-state index contributed by atoms with van der Waals surface area (Å²) in [4.78, 5) is 0. The monoisotopic (exact) mass is 266 g/mol. The number of nitrogens with zero attached hydrogens (tertiary/aromatic N) is 3. The Bertz CT molecular complexity index is 736. The molecule has 0 aliphatic rings. The van der Waals surface area contributed by atoms with Gasteiger partial charge in [-0.1, -0.05) is 23.4 Å². The molecule has 1 aromatic heterocycles. The smallest absolute Gasteiger partial charge is 0.119 e. The Kier molecular flexibility index (Phi) is 3.09. The van der Waals surface area contributed by atoms with Crippen LogP contribution in [0.25, 0.3) is 16.9 Å². The quantitative estimate of drug-likeness (QED) is 0.740. The van der Waals surface area contributed by atoms with Crippen molar-refractivity contribution in [3.05, 3.63) is 54.7 Å². The van der Waals surface area contributed by atoms with Crippen LogP contribution in [0.1, 0.15) is 0 Å². The molecule has 20 heavy (non-hydrogen) atoms. The van der Waals surface area contributed by atoms with Gasteiger partial charge >= 0.3 is 0 Å². The maximum absolute atomic E-state index is 5.77. The van der Waals surface area contributed by atoms with Crippen molar-refractivity contribution in [3.8, 4) is 22.7 Å². The summed E-state index contributed by atoms with van der Waals surface area (Å²) >= 11 is 0. The molecular formula is C15H14N4O. The van der Waals surface area contributed by atoms with Gasteiger partial charge in [-0.05, 0) is 30.3 Å². The zero-order valence-electron chi connectivity index (χ0n) is 11.0. The Morgan fingerprint density at radius 1 is 1.10 bits per heavy atom. The third-order valence-corrected chi connectivity index (χ3v) is 2.99. The molecule has 2 N–H and O–H groups in total. The van der Waals surface area contributed by atoms with E-state index in [0.29, 0.717) is 5.69 Å². The maximum atomic E-state index is 5.77. The molecule has 0 saturated carbocycles. The van der Waals surface area contributed by atoms with Gasteiger partial charge in [-0.3, -0.25) is 0 Å². The van der Waals surface area contributed by atoms with Crippen molar-refractivity contribution in [2.24, 2.45) is 0 Å². The Morgan fingerprint density at radius 2 is 1.95 bits per heavy atom. The molecule has 5 nitrogen and oxygen atoms in total. The summed E-state index contributed by atoms with van der Waals surface area (Å²) in [6, 6.07) is 15.2. The highest BCUT2D eigenvalue weighted by atomic mass is 16.5. The summed E-state index contributed by atoms with van der Waals surface area (Å²) in [5.74, 6) is 0.793. The molecule has 0 fully saturated rings. The van der Waals surface area contributed by atoms with Crippen molar-refractivity contribution < 1.29 is 4.74 Å². The molecule has 1 heterocycles. The number of benzene rings is 2. The molecule has 5 heteroatoms. The maximum Gasteiger partial charge on any atom is 0.119 e. The van der Waals surface area contributed by atoms with Crippen LogP contribution in [0.3, 0.4) is 0 Å². The van der Waals surface area contributed by atoms with Crippen LogP contribution in [0, 0.1) is 0 Å². The number of ether oxygens (including phenoxy) is 1. The summed E-state index contributed by atoms with van der Waals surface area (Å²) in [5.41, 5.74) is 9.09. The van der Waals surface area contributed by atoms with E-state index in [1.807, 2.05) is 54.7 Å². The molecule has 2 aromatic carbocycles. The third kappa shape index (κ3) is 2.33. The van der Waals surface area contributed by atoms with Gasteiger partial charge in [-0.2, -0.15) is 0 Å². The summed E-state index contributed by atoms with van der Waals surface area (Å²) in [6.45, 7) is 0. The highest BCUT2D eigenvalue weighted by molar-refractivity contribution is 5.60. The standard InChI is InChI=1S/C15H14N4O/c1-20-14-7-2-4-11(8-14)15-10-19(18-17-15)13-6-3-5-12(16)9-13/h2-10H,16H2,1H3. The van der Waals surface area contributed by atoms with E-state index in [0.717, 1.165) is 22.7 Å². The molecule has 0 radical (unpaired) electrons. The summed E-state index contributed by atoms with van der Waals surface area (Å²) in [7, 11) is 1.64. The van der Waals surface area contributed by atoms with E-state index in [-0.39, 0.29) is 0 Å². The Balaban J connectivity index is 1.97. The summed E-state index contributed by atoms with van der Waals surface area (Å²) in [6.07, 6.45) is 1.86. The molecule has 3 aromatic rings. The van der Waals surface area contributed by atoms with Crippen LogP contribution in [0.4, 0.5) is 5.69 Å².